The minimum Gasteiger partial charge on any atom is -0.462 e. The van der Waals surface area contributed by atoms with E-state index in [4.69, 9.17) is 16.3 Å². The molecule has 1 amide bonds. The fourth-order valence-electron chi connectivity index (χ4n) is 1.84. The molecule has 0 saturated heterocycles. The van der Waals surface area contributed by atoms with Gasteiger partial charge in [-0.1, -0.05) is 23.7 Å². The van der Waals surface area contributed by atoms with Crippen LogP contribution in [0, 0.1) is 0 Å². The summed E-state index contributed by atoms with van der Waals surface area (Å²) in [7, 11) is 0. The van der Waals surface area contributed by atoms with E-state index in [9.17, 15) is 9.59 Å². The Morgan fingerprint density at radius 2 is 1.91 bits per heavy atom. The third kappa shape index (κ3) is 3.87. The molecule has 0 bridgehead atoms. The maximum absolute atomic E-state index is 12.3. The van der Waals surface area contributed by atoms with Gasteiger partial charge in [0.05, 0.1) is 23.4 Å². The van der Waals surface area contributed by atoms with Crippen LogP contribution in [0.3, 0.4) is 0 Å². The van der Waals surface area contributed by atoms with Gasteiger partial charge >= 0.3 is 5.97 Å². The highest BCUT2D eigenvalue weighted by Crippen LogP contribution is 2.24. The average molecular weight is 383 g/mol. The molecule has 1 N–H and O–H groups in total. The third-order valence-electron chi connectivity index (χ3n) is 2.84. The van der Waals surface area contributed by atoms with E-state index in [1.807, 2.05) is 6.07 Å². The summed E-state index contributed by atoms with van der Waals surface area (Å²) in [6.45, 7) is 1.96. The molecule has 0 spiro atoms. The predicted molar refractivity (Wildman–Crippen MR) is 89.5 cm³/mol. The summed E-state index contributed by atoms with van der Waals surface area (Å²) in [5.74, 6) is -0.859. The van der Waals surface area contributed by atoms with Crippen LogP contribution in [0.4, 0.5) is 5.69 Å². The van der Waals surface area contributed by atoms with E-state index in [-0.39, 0.29) is 18.1 Å². The van der Waals surface area contributed by atoms with E-state index in [2.05, 4.69) is 21.2 Å². The van der Waals surface area contributed by atoms with Crippen molar-refractivity contribution in [3.8, 4) is 0 Å². The minimum atomic E-state index is -0.512. The van der Waals surface area contributed by atoms with Gasteiger partial charge in [-0.15, -0.1) is 0 Å². The fraction of sp³-hybridized carbons (Fsp3) is 0.125. The van der Waals surface area contributed by atoms with Crippen LogP contribution in [0.15, 0.2) is 46.9 Å². The molecule has 0 saturated carbocycles. The van der Waals surface area contributed by atoms with Gasteiger partial charge in [0.1, 0.15) is 0 Å². The Balaban J connectivity index is 2.32. The van der Waals surface area contributed by atoms with Gasteiger partial charge < -0.3 is 10.1 Å². The minimum absolute atomic E-state index is 0.249. The van der Waals surface area contributed by atoms with Gasteiger partial charge in [-0.25, -0.2) is 4.79 Å². The largest absolute Gasteiger partial charge is 0.462 e. The van der Waals surface area contributed by atoms with Gasteiger partial charge in [0.15, 0.2) is 0 Å². The number of benzene rings is 2. The van der Waals surface area contributed by atoms with Gasteiger partial charge in [-0.05, 0) is 53.2 Å². The summed E-state index contributed by atoms with van der Waals surface area (Å²) >= 11 is 9.27. The van der Waals surface area contributed by atoms with E-state index in [0.717, 1.165) is 0 Å². The Morgan fingerprint density at radius 1 is 1.18 bits per heavy atom. The molecule has 6 heteroatoms. The molecular weight excluding hydrogens is 370 g/mol. The zero-order valence-electron chi connectivity index (χ0n) is 11.7. The van der Waals surface area contributed by atoms with Crippen LogP contribution in [-0.2, 0) is 4.74 Å². The molecule has 0 radical (unpaired) electrons. The lowest BCUT2D eigenvalue weighted by Gasteiger charge is -2.11. The summed E-state index contributed by atoms with van der Waals surface area (Å²) in [5, 5.41) is 3.11. The molecule has 114 valence electrons. The van der Waals surface area contributed by atoms with E-state index >= 15 is 0 Å². The maximum Gasteiger partial charge on any atom is 0.340 e. The summed E-state index contributed by atoms with van der Waals surface area (Å²) in [4.78, 5) is 24.3. The normalized spacial score (nSPS) is 10.1. The van der Waals surface area contributed by atoms with Crippen molar-refractivity contribution in [3.63, 3.8) is 0 Å². The smallest absolute Gasteiger partial charge is 0.340 e. The molecule has 0 heterocycles. The fourth-order valence-corrected chi connectivity index (χ4v) is 2.48. The number of carbonyl (C=O) groups excluding carboxylic acids is 2. The molecule has 22 heavy (non-hydrogen) atoms. The van der Waals surface area contributed by atoms with Crippen molar-refractivity contribution in [1.82, 2.24) is 0 Å². The van der Waals surface area contributed by atoms with Crippen LogP contribution in [0.1, 0.15) is 27.6 Å². The van der Waals surface area contributed by atoms with Crippen LogP contribution in [-0.4, -0.2) is 18.5 Å². The van der Waals surface area contributed by atoms with Crippen molar-refractivity contribution in [2.24, 2.45) is 0 Å². The number of anilines is 1. The Hall–Kier alpha value is -1.85. The summed E-state index contributed by atoms with van der Waals surface area (Å²) < 4.78 is 5.64. The highest BCUT2D eigenvalue weighted by atomic mass is 79.9. The number of hydrogen-bond donors (Lipinski definition) is 1. The van der Waals surface area contributed by atoms with E-state index in [1.54, 1.807) is 31.2 Å². The molecule has 0 fully saturated rings. The van der Waals surface area contributed by atoms with E-state index < -0.39 is 5.97 Å². The van der Waals surface area contributed by atoms with Gasteiger partial charge in [0, 0.05) is 9.50 Å². The van der Waals surface area contributed by atoms with Crippen molar-refractivity contribution in [3.05, 3.63) is 63.1 Å². The average Bonchev–Trinajstić information content (AvgIpc) is 2.48. The summed E-state index contributed by atoms with van der Waals surface area (Å²) in [6, 6.07) is 11.6. The van der Waals surface area contributed by atoms with Gasteiger partial charge in [0.25, 0.3) is 5.91 Å². The second-order valence-corrected chi connectivity index (χ2v) is 5.64. The van der Waals surface area contributed by atoms with E-state index in [1.165, 1.54) is 12.1 Å². The molecule has 0 aliphatic rings. The third-order valence-corrected chi connectivity index (χ3v) is 3.77. The first kappa shape index (κ1) is 16.5. The molecule has 2 rings (SSSR count). The van der Waals surface area contributed by atoms with Crippen LogP contribution in [0.2, 0.25) is 5.02 Å². The van der Waals surface area contributed by atoms with Crippen LogP contribution in [0.25, 0.3) is 0 Å². The molecule has 0 aliphatic carbocycles. The second-order valence-electron chi connectivity index (χ2n) is 4.34. The van der Waals surface area contributed by atoms with Crippen LogP contribution < -0.4 is 5.32 Å². The first-order valence-electron chi connectivity index (χ1n) is 6.55. The first-order chi connectivity index (χ1) is 10.5. The zero-order valence-corrected chi connectivity index (χ0v) is 14.1. The summed E-state index contributed by atoms with van der Waals surface area (Å²) in [6.07, 6.45) is 0. The Kier molecular flexibility index (Phi) is 5.57. The quantitative estimate of drug-likeness (QED) is 0.790. The Bertz CT molecular complexity index is 718. The van der Waals surface area contributed by atoms with Crippen molar-refractivity contribution >= 4 is 45.1 Å². The number of rotatable bonds is 4. The van der Waals surface area contributed by atoms with Crippen molar-refractivity contribution in [1.29, 1.82) is 0 Å². The molecule has 2 aromatic rings. The van der Waals surface area contributed by atoms with Gasteiger partial charge in [-0.3, -0.25) is 4.79 Å². The monoisotopic (exact) mass is 381 g/mol. The molecule has 4 nitrogen and oxygen atoms in total. The Morgan fingerprint density at radius 3 is 2.59 bits per heavy atom. The molecule has 0 aromatic heterocycles. The predicted octanol–water partition coefficient (Wildman–Crippen LogP) is 4.53. The SMILES string of the molecule is CCOC(=O)c1ccc(Cl)cc1NC(=O)c1ccccc1Br. The first-order valence-corrected chi connectivity index (χ1v) is 7.72. The highest BCUT2D eigenvalue weighted by Gasteiger charge is 2.17. The van der Waals surface area contributed by atoms with Crippen LogP contribution in [0.5, 0.6) is 0 Å². The number of carbonyl (C=O) groups is 2. The molecule has 2 aromatic carbocycles. The lowest BCUT2D eigenvalue weighted by atomic mass is 10.1. The van der Waals surface area contributed by atoms with E-state index in [0.29, 0.717) is 20.7 Å². The maximum atomic E-state index is 12.3. The lowest BCUT2D eigenvalue weighted by Crippen LogP contribution is -2.16. The topological polar surface area (TPSA) is 55.4 Å². The lowest BCUT2D eigenvalue weighted by molar-refractivity contribution is 0.0527. The van der Waals surface area contributed by atoms with Gasteiger partial charge in [0.2, 0.25) is 0 Å². The number of halogens is 2. The molecular formula is C16H13BrClNO3. The number of ether oxygens (including phenoxy) is 1. The summed E-state index contributed by atoms with van der Waals surface area (Å²) in [5.41, 5.74) is 1.02. The van der Waals surface area contributed by atoms with Crippen molar-refractivity contribution < 1.29 is 14.3 Å². The number of amides is 1. The zero-order chi connectivity index (χ0) is 16.1. The number of hydrogen-bond acceptors (Lipinski definition) is 3. The molecule has 0 atom stereocenters. The standard InChI is InChI=1S/C16H13BrClNO3/c1-2-22-16(21)12-8-7-10(18)9-14(12)19-15(20)11-5-3-4-6-13(11)17/h3-9H,2H2,1H3,(H,19,20). The number of nitrogens with one attached hydrogen (secondary N) is 1. The number of esters is 1. The van der Waals surface area contributed by atoms with Crippen molar-refractivity contribution in [2.45, 2.75) is 6.92 Å². The Labute approximate surface area is 141 Å². The second kappa shape index (κ2) is 7.42. The molecule has 0 aliphatic heterocycles. The molecule has 0 unspecified atom stereocenters. The van der Waals surface area contributed by atoms with Gasteiger partial charge in [-0.2, -0.15) is 0 Å². The van der Waals surface area contributed by atoms with Crippen LogP contribution >= 0.6 is 27.5 Å². The van der Waals surface area contributed by atoms with Crippen molar-refractivity contribution in [2.75, 3.05) is 11.9 Å². The highest BCUT2D eigenvalue weighted by molar-refractivity contribution is 9.10.